The molecule has 0 unspecified atom stereocenters. The number of benzene rings is 1. The van der Waals surface area contributed by atoms with Gasteiger partial charge in [0.1, 0.15) is 5.65 Å². The first-order chi connectivity index (χ1) is 10.2. The second-order valence-corrected chi connectivity index (χ2v) is 5.08. The van der Waals surface area contributed by atoms with Crippen LogP contribution in [0.5, 0.6) is 0 Å². The number of aromatic nitrogens is 2. The molecule has 4 heteroatoms. The zero-order valence-corrected chi connectivity index (χ0v) is 11.8. The number of aromatic carboxylic acids is 1. The number of pyridine rings is 1. The summed E-state index contributed by atoms with van der Waals surface area (Å²) < 4.78 is 1.66. The normalized spacial score (nSPS) is 10.9. The fraction of sp³-hybridized carbons (Fsp3) is 0.176. The van der Waals surface area contributed by atoms with E-state index in [9.17, 15) is 9.90 Å². The van der Waals surface area contributed by atoms with Crippen molar-refractivity contribution in [2.45, 2.75) is 19.8 Å². The second-order valence-electron chi connectivity index (χ2n) is 5.08. The highest BCUT2D eigenvalue weighted by atomic mass is 16.4. The van der Waals surface area contributed by atoms with E-state index in [2.05, 4.69) is 4.98 Å². The van der Waals surface area contributed by atoms with Crippen LogP contribution in [0.15, 0.2) is 48.7 Å². The van der Waals surface area contributed by atoms with Gasteiger partial charge in [0.15, 0.2) is 5.69 Å². The van der Waals surface area contributed by atoms with Crippen LogP contribution in [0.1, 0.15) is 27.3 Å². The molecule has 0 fully saturated rings. The van der Waals surface area contributed by atoms with Gasteiger partial charge in [-0.3, -0.25) is 4.40 Å². The smallest absolute Gasteiger partial charge is 0.354 e. The van der Waals surface area contributed by atoms with E-state index in [1.165, 1.54) is 5.56 Å². The number of hydrogen-bond acceptors (Lipinski definition) is 2. The van der Waals surface area contributed by atoms with E-state index in [0.29, 0.717) is 12.1 Å². The lowest BCUT2D eigenvalue weighted by Gasteiger charge is -2.01. The van der Waals surface area contributed by atoms with Gasteiger partial charge >= 0.3 is 5.97 Å². The molecular weight excluding hydrogens is 264 g/mol. The molecule has 2 heterocycles. The monoisotopic (exact) mass is 280 g/mol. The van der Waals surface area contributed by atoms with Gasteiger partial charge in [-0.05, 0) is 37.0 Å². The van der Waals surface area contributed by atoms with Gasteiger partial charge in [-0.25, -0.2) is 9.78 Å². The summed E-state index contributed by atoms with van der Waals surface area (Å²) in [4.78, 5) is 16.1. The fourth-order valence-corrected chi connectivity index (χ4v) is 2.56. The standard InChI is InChI=1S/C17H16N2O2/c1-12-6-5-11-19-15(17(20)21)14(18-16(12)19)10-9-13-7-3-2-4-8-13/h2-8,11H,9-10H2,1H3,(H,20,21). The molecule has 0 spiro atoms. The van der Waals surface area contributed by atoms with Crippen molar-refractivity contribution in [3.63, 3.8) is 0 Å². The van der Waals surface area contributed by atoms with Crippen LogP contribution in [0.3, 0.4) is 0 Å². The Hall–Kier alpha value is -2.62. The van der Waals surface area contributed by atoms with E-state index >= 15 is 0 Å². The number of rotatable bonds is 4. The Morgan fingerprint density at radius 2 is 1.90 bits per heavy atom. The minimum atomic E-state index is -0.934. The molecule has 106 valence electrons. The van der Waals surface area contributed by atoms with E-state index in [1.807, 2.05) is 49.4 Å². The predicted octanol–water partition coefficient (Wildman–Crippen LogP) is 3.13. The van der Waals surface area contributed by atoms with Crippen molar-refractivity contribution in [2.75, 3.05) is 0 Å². The predicted molar refractivity (Wildman–Crippen MR) is 80.7 cm³/mol. The third kappa shape index (κ3) is 2.52. The van der Waals surface area contributed by atoms with Gasteiger partial charge in [0, 0.05) is 6.20 Å². The Kier molecular flexibility index (Phi) is 3.44. The van der Waals surface area contributed by atoms with Crippen molar-refractivity contribution in [3.05, 3.63) is 71.2 Å². The second kappa shape index (κ2) is 5.40. The van der Waals surface area contributed by atoms with Crippen LogP contribution in [0.25, 0.3) is 5.65 Å². The molecule has 0 aliphatic heterocycles. The van der Waals surface area contributed by atoms with Crippen LogP contribution in [-0.2, 0) is 12.8 Å². The van der Waals surface area contributed by atoms with Gasteiger partial charge in [-0.15, -0.1) is 0 Å². The number of carboxylic acids is 1. The third-order valence-corrected chi connectivity index (χ3v) is 3.61. The zero-order valence-electron chi connectivity index (χ0n) is 11.8. The molecule has 21 heavy (non-hydrogen) atoms. The Labute approximate surface area is 122 Å². The minimum absolute atomic E-state index is 0.268. The van der Waals surface area contributed by atoms with Crippen molar-refractivity contribution < 1.29 is 9.90 Å². The zero-order chi connectivity index (χ0) is 14.8. The molecule has 0 aliphatic carbocycles. The van der Waals surface area contributed by atoms with Crippen LogP contribution >= 0.6 is 0 Å². The van der Waals surface area contributed by atoms with Crippen molar-refractivity contribution in [1.29, 1.82) is 0 Å². The molecule has 0 atom stereocenters. The first kappa shape index (κ1) is 13.4. The summed E-state index contributed by atoms with van der Waals surface area (Å²) in [6, 6.07) is 13.8. The number of aryl methyl sites for hydroxylation is 3. The van der Waals surface area contributed by atoms with Crippen LogP contribution in [-0.4, -0.2) is 20.5 Å². The van der Waals surface area contributed by atoms with Crippen LogP contribution in [0.4, 0.5) is 0 Å². The molecule has 0 aliphatic rings. The van der Waals surface area contributed by atoms with Crippen LogP contribution in [0.2, 0.25) is 0 Å². The minimum Gasteiger partial charge on any atom is -0.477 e. The third-order valence-electron chi connectivity index (χ3n) is 3.61. The molecule has 1 N–H and O–H groups in total. The maximum Gasteiger partial charge on any atom is 0.354 e. The molecule has 3 aromatic rings. The van der Waals surface area contributed by atoms with Crippen LogP contribution in [0, 0.1) is 6.92 Å². The number of fused-ring (bicyclic) bond motifs is 1. The highest BCUT2D eigenvalue weighted by Crippen LogP contribution is 2.18. The van der Waals surface area contributed by atoms with Gasteiger partial charge in [0.25, 0.3) is 0 Å². The van der Waals surface area contributed by atoms with Gasteiger partial charge in [-0.2, -0.15) is 0 Å². The first-order valence-electron chi connectivity index (χ1n) is 6.90. The van der Waals surface area contributed by atoms with E-state index in [0.717, 1.165) is 17.6 Å². The summed E-state index contributed by atoms with van der Waals surface area (Å²) >= 11 is 0. The number of carbonyl (C=O) groups is 1. The fourth-order valence-electron chi connectivity index (χ4n) is 2.56. The van der Waals surface area contributed by atoms with Crippen LogP contribution < -0.4 is 0 Å². The topological polar surface area (TPSA) is 54.6 Å². The number of hydrogen-bond donors (Lipinski definition) is 1. The van der Waals surface area contributed by atoms with Gasteiger partial charge in [0.05, 0.1) is 5.69 Å². The Balaban J connectivity index is 2.00. The summed E-state index contributed by atoms with van der Waals surface area (Å²) in [5, 5.41) is 9.48. The Bertz CT molecular complexity index is 791. The van der Waals surface area contributed by atoms with Gasteiger partial charge < -0.3 is 5.11 Å². The molecule has 1 aromatic carbocycles. The molecule has 0 saturated heterocycles. The molecular formula is C17H16N2O2. The molecule has 2 aromatic heterocycles. The van der Waals surface area contributed by atoms with Gasteiger partial charge in [-0.1, -0.05) is 36.4 Å². The SMILES string of the molecule is Cc1cccn2c(C(=O)O)c(CCc3ccccc3)nc12. The molecule has 0 saturated carbocycles. The summed E-state index contributed by atoms with van der Waals surface area (Å²) in [7, 11) is 0. The van der Waals surface area contributed by atoms with E-state index < -0.39 is 5.97 Å². The number of nitrogens with zero attached hydrogens (tertiary/aromatic N) is 2. The Morgan fingerprint density at radius 3 is 2.62 bits per heavy atom. The van der Waals surface area contributed by atoms with Crippen molar-refractivity contribution >= 4 is 11.6 Å². The average Bonchev–Trinajstić information content (AvgIpc) is 2.86. The lowest BCUT2D eigenvalue weighted by molar-refractivity contribution is 0.0688. The number of carboxylic acid groups (broad SMARTS) is 1. The maximum atomic E-state index is 11.6. The largest absolute Gasteiger partial charge is 0.477 e. The maximum absolute atomic E-state index is 11.6. The van der Waals surface area contributed by atoms with Gasteiger partial charge in [0.2, 0.25) is 0 Å². The quantitative estimate of drug-likeness (QED) is 0.799. The summed E-state index contributed by atoms with van der Waals surface area (Å²) in [5.41, 5.74) is 3.79. The molecule has 3 rings (SSSR count). The lowest BCUT2D eigenvalue weighted by atomic mass is 10.1. The molecule has 0 amide bonds. The van der Waals surface area contributed by atoms with Crippen molar-refractivity contribution in [1.82, 2.24) is 9.38 Å². The lowest BCUT2D eigenvalue weighted by Crippen LogP contribution is -2.06. The summed E-state index contributed by atoms with van der Waals surface area (Å²) in [6.45, 7) is 1.94. The van der Waals surface area contributed by atoms with E-state index in [4.69, 9.17) is 0 Å². The summed E-state index contributed by atoms with van der Waals surface area (Å²) in [5.74, 6) is -0.934. The molecule has 0 bridgehead atoms. The summed E-state index contributed by atoms with van der Waals surface area (Å²) in [6.07, 6.45) is 3.15. The number of imidazole rings is 1. The van der Waals surface area contributed by atoms with E-state index in [-0.39, 0.29) is 5.69 Å². The molecule has 4 nitrogen and oxygen atoms in total. The average molecular weight is 280 g/mol. The Morgan fingerprint density at radius 1 is 1.14 bits per heavy atom. The van der Waals surface area contributed by atoms with Crippen molar-refractivity contribution in [3.8, 4) is 0 Å². The molecule has 0 radical (unpaired) electrons. The van der Waals surface area contributed by atoms with E-state index in [1.54, 1.807) is 10.6 Å². The van der Waals surface area contributed by atoms with Crippen molar-refractivity contribution in [2.24, 2.45) is 0 Å². The first-order valence-corrected chi connectivity index (χ1v) is 6.90. The highest BCUT2D eigenvalue weighted by molar-refractivity contribution is 5.88. The highest BCUT2D eigenvalue weighted by Gasteiger charge is 2.18.